The number of hydrogen-bond acceptors (Lipinski definition) is 4. The summed E-state index contributed by atoms with van der Waals surface area (Å²) in [5, 5.41) is 12.2. The molecular formula is C16H22F2N2O3. The molecule has 2 rings (SSSR count). The molecule has 0 bridgehead atoms. The van der Waals surface area contributed by atoms with E-state index in [2.05, 4.69) is 10.1 Å². The topological polar surface area (TPSA) is 61.8 Å². The molecule has 1 saturated carbocycles. The van der Waals surface area contributed by atoms with Crippen LogP contribution in [-0.4, -0.2) is 47.8 Å². The summed E-state index contributed by atoms with van der Waals surface area (Å²) < 4.78 is 29.2. The molecular weight excluding hydrogens is 306 g/mol. The van der Waals surface area contributed by atoms with Crippen molar-refractivity contribution >= 4 is 5.97 Å². The van der Waals surface area contributed by atoms with Crippen molar-refractivity contribution in [3.63, 3.8) is 0 Å². The number of likely N-dealkylation sites (N-methyl/N-ethyl adjacent to an activating group) is 1. The lowest BCUT2D eigenvalue weighted by Gasteiger charge is -2.42. The summed E-state index contributed by atoms with van der Waals surface area (Å²) in [6.07, 6.45) is 1.72. The van der Waals surface area contributed by atoms with Gasteiger partial charge >= 0.3 is 12.6 Å². The van der Waals surface area contributed by atoms with Gasteiger partial charge in [-0.1, -0.05) is 25.1 Å². The quantitative estimate of drug-likeness (QED) is 0.728. The molecule has 0 aliphatic heterocycles. The number of rotatable bonds is 9. The summed E-state index contributed by atoms with van der Waals surface area (Å²) in [5.74, 6) is -0.631. The van der Waals surface area contributed by atoms with Crippen molar-refractivity contribution < 1.29 is 23.4 Å². The Morgan fingerprint density at radius 3 is 2.74 bits per heavy atom. The maximum atomic E-state index is 12.4. The number of carbonyl (C=O) groups is 1. The van der Waals surface area contributed by atoms with Gasteiger partial charge in [-0.2, -0.15) is 8.78 Å². The van der Waals surface area contributed by atoms with Gasteiger partial charge in [0.1, 0.15) is 5.75 Å². The zero-order valence-corrected chi connectivity index (χ0v) is 13.0. The van der Waals surface area contributed by atoms with E-state index in [0.29, 0.717) is 18.7 Å². The molecule has 1 fully saturated rings. The molecule has 1 aliphatic rings. The van der Waals surface area contributed by atoms with Gasteiger partial charge in [0.05, 0.1) is 6.54 Å². The molecule has 0 radical (unpaired) electrons. The van der Waals surface area contributed by atoms with Gasteiger partial charge in [0.15, 0.2) is 0 Å². The molecule has 0 saturated heterocycles. The van der Waals surface area contributed by atoms with Crippen molar-refractivity contribution in [1.82, 2.24) is 10.2 Å². The highest BCUT2D eigenvalue weighted by atomic mass is 19.3. The Morgan fingerprint density at radius 1 is 1.43 bits per heavy atom. The minimum absolute atomic E-state index is 0.0545. The molecule has 0 spiro atoms. The van der Waals surface area contributed by atoms with E-state index in [1.54, 1.807) is 18.2 Å². The van der Waals surface area contributed by atoms with E-state index in [9.17, 15) is 13.6 Å². The van der Waals surface area contributed by atoms with Crippen LogP contribution in [0.2, 0.25) is 0 Å². The lowest BCUT2D eigenvalue weighted by molar-refractivity contribution is -0.139. The van der Waals surface area contributed by atoms with Gasteiger partial charge < -0.3 is 15.2 Å². The van der Waals surface area contributed by atoms with Crippen molar-refractivity contribution in [2.45, 2.75) is 45.0 Å². The Bertz CT molecular complexity index is 522. The van der Waals surface area contributed by atoms with Crippen LogP contribution in [0.3, 0.4) is 0 Å². The fourth-order valence-corrected chi connectivity index (χ4v) is 2.84. The normalized spacial score (nSPS) is 20.6. The number of carboxylic acid groups (broad SMARTS) is 1. The number of carboxylic acids is 1. The monoisotopic (exact) mass is 328 g/mol. The van der Waals surface area contributed by atoms with Crippen molar-refractivity contribution in [3.05, 3.63) is 29.8 Å². The average molecular weight is 328 g/mol. The molecule has 0 atom stereocenters. The largest absolute Gasteiger partial charge is 0.480 e. The van der Waals surface area contributed by atoms with Gasteiger partial charge in [0.2, 0.25) is 0 Å². The Hall–Kier alpha value is -1.73. The molecule has 7 heteroatoms. The van der Waals surface area contributed by atoms with Gasteiger partial charge in [0.25, 0.3) is 0 Å². The number of benzene rings is 1. The summed E-state index contributed by atoms with van der Waals surface area (Å²) in [7, 11) is 0. The van der Waals surface area contributed by atoms with Crippen LogP contribution >= 0.6 is 0 Å². The maximum absolute atomic E-state index is 12.4. The van der Waals surface area contributed by atoms with Gasteiger partial charge in [0, 0.05) is 24.2 Å². The van der Waals surface area contributed by atoms with E-state index in [1.165, 1.54) is 6.07 Å². The van der Waals surface area contributed by atoms with Crippen LogP contribution in [-0.2, 0) is 11.3 Å². The molecule has 2 N–H and O–H groups in total. The number of nitrogens with one attached hydrogen (secondary N) is 1. The van der Waals surface area contributed by atoms with E-state index in [4.69, 9.17) is 5.11 Å². The zero-order chi connectivity index (χ0) is 16.8. The number of aliphatic carboxylic acids is 1. The van der Waals surface area contributed by atoms with Crippen LogP contribution in [0.15, 0.2) is 24.3 Å². The summed E-state index contributed by atoms with van der Waals surface area (Å²) in [6.45, 7) is 0.319. The number of halogens is 2. The third kappa shape index (κ3) is 5.14. The first-order valence-electron chi connectivity index (χ1n) is 7.71. The van der Waals surface area contributed by atoms with E-state index in [0.717, 1.165) is 12.8 Å². The molecule has 1 aromatic rings. The second kappa shape index (κ2) is 8.21. The molecule has 1 aliphatic carbocycles. The van der Waals surface area contributed by atoms with E-state index >= 15 is 0 Å². The van der Waals surface area contributed by atoms with Crippen LogP contribution in [0, 0.1) is 0 Å². The second-order valence-corrected chi connectivity index (χ2v) is 5.65. The highest BCUT2D eigenvalue weighted by molar-refractivity contribution is 5.69. The number of hydrogen-bond donors (Lipinski definition) is 2. The fraction of sp³-hybridized carbons (Fsp3) is 0.562. The zero-order valence-electron chi connectivity index (χ0n) is 13.0. The minimum Gasteiger partial charge on any atom is -0.480 e. The van der Waals surface area contributed by atoms with Crippen LogP contribution in [0.4, 0.5) is 8.78 Å². The summed E-state index contributed by atoms with van der Waals surface area (Å²) in [5.41, 5.74) is 0.689. The first kappa shape index (κ1) is 17.6. The van der Waals surface area contributed by atoms with Gasteiger partial charge in [-0.25, -0.2) is 0 Å². The molecule has 5 nitrogen and oxygen atoms in total. The van der Waals surface area contributed by atoms with Gasteiger partial charge in [-0.3, -0.25) is 9.69 Å². The van der Waals surface area contributed by atoms with Gasteiger partial charge in [-0.05, 0) is 25.5 Å². The summed E-state index contributed by atoms with van der Waals surface area (Å²) in [6, 6.07) is 7.25. The lowest BCUT2D eigenvalue weighted by atomic mass is 9.85. The number of nitrogens with zero attached hydrogens (tertiary/aromatic N) is 1. The summed E-state index contributed by atoms with van der Waals surface area (Å²) >= 11 is 0. The van der Waals surface area contributed by atoms with Crippen molar-refractivity contribution in [2.75, 3.05) is 13.1 Å². The number of ether oxygens (including phenoxy) is 1. The number of para-hydroxylation sites is 1. The van der Waals surface area contributed by atoms with Crippen molar-refractivity contribution in [1.29, 1.82) is 0 Å². The highest BCUT2D eigenvalue weighted by Crippen LogP contribution is 2.27. The predicted molar refractivity (Wildman–Crippen MR) is 81.6 cm³/mol. The average Bonchev–Trinajstić information content (AvgIpc) is 2.44. The third-order valence-electron chi connectivity index (χ3n) is 4.14. The van der Waals surface area contributed by atoms with E-state index in [-0.39, 0.29) is 24.4 Å². The first-order valence-corrected chi connectivity index (χ1v) is 7.71. The van der Waals surface area contributed by atoms with Crippen LogP contribution in [0.25, 0.3) is 0 Å². The van der Waals surface area contributed by atoms with Crippen molar-refractivity contribution in [3.8, 4) is 5.75 Å². The maximum Gasteiger partial charge on any atom is 0.387 e. The first-order chi connectivity index (χ1) is 11.0. The van der Waals surface area contributed by atoms with Gasteiger partial charge in [-0.15, -0.1) is 0 Å². The minimum atomic E-state index is -2.83. The van der Waals surface area contributed by atoms with Crippen molar-refractivity contribution in [2.24, 2.45) is 0 Å². The van der Waals surface area contributed by atoms with Crippen LogP contribution in [0.1, 0.15) is 25.3 Å². The molecule has 0 aromatic heterocycles. The lowest BCUT2D eigenvalue weighted by Crippen LogP contribution is -2.53. The standard InChI is InChI=1S/C16H22F2N2O3/c1-2-20(10-15(21)22)13-7-12(8-13)19-9-11-5-3-4-6-14(11)23-16(17)18/h3-6,12-13,16,19H,2,7-10H2,1H3,(H,21,22). The van der Waals surface area contributed by atoms with E-state index < -0.39 is 12.6 Å². The second-order valence-electron chi connectivity index (χ2n) is 5.65. The summed E-state index contributed by atoms with van der Waals surface area (Å²) in [4.78, 5) is 12.7. The smallest absolute Gasteiger partial charge is 0.387 e. The Morgan fingerprint density at radius 2 is 2.13 bits per heavy atom. The SMILES string of the molecule is CCN(CC(=O)O)C1CC(NCc2ccccc2OC(F)F)C1. The molecule has 128 valence electrons. The Labute approximate surface area is 134 Å². The predicted octanol–water partition coefficient (Wildman–Crippen LogP) is 2.32. The Kier molecular flexibility index (Phi) is 6.29. The van der Waals surface area contributed by atoms with Crippen LogP contribution < -0.4 is 10.1 Å². The van der Waals surface area contributed by atoms with Crippen LogP contribution in [0.5, 0.6) is 5.75 Å². The molecule has 0 heterocycles. The molecule has 1 aromatic carbocycles. The highest BCUT2D eigenvalue weighted by Gasteiger charge is 2.33. The Balaban J connectivity index is 1.79. The third-order valence-corrected chi connectivity index (χ3v) is 4.14. The van der Waals surface area contributed by atoms with E-state index in [1.807, 2.05) is 11.8 Å². The molecule has 0 unspecified atom stereocenters. The number of alkyl halides is 2. The molecule has 0 amide bonds. The molecule has 23 heavy (non-hydrogen) atoms. The fourth-order valence-electron chi connectivity index (χ4n) is 2.84.